The molecule has 2 aromatic rings. The Morgan fingerprint density at radius 1 is 1.18 bits per heavy atom. The fourth-order valence-corrected chi connectivity index (χ4v) is 5.58. The van der Waals surface area contributed by atoms with Gasteiger partial charge >= 0.3 is 5.97 Å². The van der Waals surface area contributed by atoms with E-state index in [2.05, 4.69) is 36.1 Å². The van der Waals surface area contributed by atoms with Gasteiger partial charge in [-0.2, -0.15) is 0 Å². The Morgan fingerprint density at radius 2 is 2.03 bits per heavy atom. The van der Waals surface area contributed by atoms with Crippen molar-refractivity contribution in [2.45, 2.75) is 77.1 Å². The van der Waals surface area contributed by atoms with Crippen LogP contribution in [0.4, 0.5) is 0 Å². The van der Waals surface area contributed by atoms with Gasteiger partial charge in [0, 0.05) is 36.0 Å². The highest BCUT2D eigenvalue weighted by Gasteiger charge is 2.44. The van der Waals surface area contributed by atoms with Crippen molar-refractivity contribution in [3.05, 3.63) is 65.2 Å². The van der Waals surface area contributed by atoms with Crippen LogP contribution in [0.5, 0.6) is 17.2 Å². The first-order valence-corrected chi connectivity index (χ1v) is 13.9. The molecule has 1 fully saturated rings. The number of allylic oxidation sites excluding steroid dienone is 1. The van der Waals surface area contributed by atoms with E-state index >= 15 is 0 Å². The van der Waals surface area contributed by atoms with E-state index in [0.717, 1.165) is 36.1 Å². The monoisotopic (exact) mass is 532 g/mol. The van der Waals surface area contributed by atoms with E-state index in [1.807, 2.05) is 32.1 Å². The van der Waals surface area contributed by atoms with Crippen molar-refractivity contribution >= 4 is 5.97 Å². The van der Waals surface area contributed by atoms with Gasteiger partial charge in [-0.15, -0.1) is 11.8 Å². The van der Waals surface area contributed by atoms with Gasteiger partial charge in [0.05, 0.1) is 20.3 Å². The molecule has 0 amide bonds. The fraction of sp³-hybridized carbons (Fsp3) is 0.485. The lowest BCUT2D eigenvalue weighted by atomic mass is 9.86. The third-order valence-corrected chi connectivity index (χ3v) is 7.85. The molecule has 1 N–H and O–H groups in total. The van der Waals surface area contributed by atoms with Crippen LogP contribution in [0.1, 0.15) is 68.6 Å². The number of ether oxygens (including phenoxy) is 4. The summed E-state index contributed by atoms with van der Waals surface area (Å²) in [5.74, 6) is 8.78. The Labute approximate surface area is 232 Å². The first-order valence-electron chi connectivity index (χ1n) is 13.9. The Balaban J connectivity index is 1.31. The van der Waals surface area contributed by atoms with Gasteiger partial charge in [-0.05, 0) is 62.1 Å². The topological polar surface area (TPSA) is 74.2 Å². The molecule has 0 spiro atoms. The van der Waals surface area contributed by atoms with Crippen LogP contribution in [0.25, 0.3) is 0 Å². The molecule has 39 heavy (non-hydrogen) atoms. The molecule has 1 saturated carbocycles. The minimum atomic E-state index is -0.497. The molecule has 4 rings (SSSR count). The number of carbonyl (C=O) groups excluding carboxylic acids is 1. The summed E-state index contributed by atoms with van der Waals surface area (Å²) < 4.78 is 22.6. The normalized spacial score (nSPS) is 20.8. The summed E-state index contributed by atoms with van der Waals surface area (Å²) >= 11 is 0. The van der Waals surface area contributed by atoms with Crippen molar-refractivity contribution in [1.82, 2.24) is 0 Å². The zero-order valence-corrected chi connectivity index (χ0v) is 23.4. The van der Waals surface area contributed by atoms with Crippen LogP contribution in [-0.2, 0) is 22.6 Å². The number of aryl methyl sites for hydroxylation is 1. The second-order valence-electron chi connectivity index (χ2n) is 10.4. The number of methoxy groups -OCH3 is 2. The number of rotatable bonds is 12. The molecule has 1 aliphatic carbocycles. The predicted molar refractivity (Wildman–Crippen MR) is 151 cm³/mol. The van der Waals surface area contributed by atoms with Crippen LogP contribution in [0.3, 0.4) is 0 Å². The highest BCUT2D eigenvalue weighted by molar-refractivity contribution is 5.69. The molecule has 0 unspecified atom stereocenters. The maximum atomic E-state index is 12.4. The molecule has 1 heterocycles. The smallest absolute Gasteiger partial charge is 0.306 e. The molecule has 0 saturated heterocycles. The van der Waals surface area contributed by atoms with Crippen molar-refractivity contribution in [3.8, 4) is 29.1 Å². The summed E-state index contributed by atoms with van der Waals surface area (Å²) in [7, 11) is 3.18. The number of fused-ring (bicyclic) bond motifs is 3. The largest absolute Gasteiger partial charge is 0.497 e. The summed E-state index contributed by atoms with van der Waals surface area (Å²) in [6.45, 7) is 4.02. The molecule has 0 radical (unpaired) electrons. The van der Waals surface area contributed by atoms with Crippen molar-refractivity contribution in [3.63, 3.8) is 0 Å². The molecule has 2 aliphatic rings. The number of aliphatic hydroxyl groups excluding tert-OH is 1. The standard InChI is InChI=1S/C33H40O6/c1-5-6-9-22(2)28(34)18-15-23-16-19-29-32(23)27-12-7-10-24(33(27)39-29)11-8-13-31(35)38-21-25-14-17-26(36-3)20-30(25)37-4/h7,10,12,14-15,17-18,20,22-23,28-29,32,34H,8-9,11,13,16,19,21H2,1-4H3/b18-15+/t22-,23-,28+,29-,32-/m0/s1. The van der Waals surface area contributed by atoms with Gasteiger partial charge in [-0.25, -0.2) is 0 Å². The number of aliphatic hydroxyl groups is 1. The molecule has 0 aromatic heterocycles. The first-order chi connectivity index (χ1) is 18.9. The zero-order valence-electron chi connectivity index (χ0n) is 23.4. The minimum absolute atomic E-state index is 0.106. The van der Waals surface area contributed by atoms with Gasteiger partial charge in [0.1, 0.15) is 30.0 Å². The lowest BCUT2D eigenvalue weighted by molar-refractivity contribution is -0.145. The number of benzene rings is 2. The second kappa shape index (κ2) is 13.6. The number of hydrogen-bond donors (Lipinski definition) is 1. The second-order valence-corrected chi connectivity index (χ2v) is 10.4. The van der Waals surface area contributed by atoms with Crippen LogP contribution in [-0.4, -0.2) is 37.5 Å². The summed E-state index contributed by atoms with van der Waals surface area (Å²) in [5, 5.41) is 10.5. The number of para-hydroxylation sites is 1. The van der Waals surface area contributed by atoms with Gasteiger partial charge in [0.25, 0.3) is 0 Å². The molecule has 1 aliphatic heterocycles. The lowest BCUT2D eigenvalue weighted by Gasteiger charge is -2.17. The van der Waals surface area contributed by atoms with E-state index in [0.29, 0.717) is 42.6 Å². The Hall–Kier alpha value is -3.43. The van der Waals surface area contributed by atoms with Crippen molar-refractivity contribution in [2.24, 2.45) is 11.8 Å². The van der Waals surface area contributed by atoms with E-state index in [1.165, 1.54) is 5.56 Å². The average molecular weight is 533 g/mol. The van der Waals surface area contributed by atoms with Crippen LogP contribution in [0.15, 0.2) is 48.6 Å². The zero-order chi connectivity index (χ0) is 27.8. The Kier molecular flexibility index (Phi) is 9.95. The Morgan fingerprint density at radius 3 is 2.79 bits per heavy atom. The van der Waals surface area contributed by atoms with Crippen molar-refractivity contribution in [2.75, 3.05) is 14.2 Å². The van der Waals surface area contributed by atoms with Crippen LogP contribution in [0.2, 0.25) is 0 Å². The van der Waals surface area contributed by atoms with E-state index in [1.54, 1.807) is 20.3 Å². The molecule has 6 heteroatoms. The predicted octanol–water partition coefficient (Wildman–Crippen LogP) is 5.99. The van der Waals surface area contributed by atoms with Crippen LogP contribution >= 0.6 is 0 Å². The van der Waals surface area contributed by atoms with Gasteiger partial charge < -0.3 is 24.1 Å². The SMILES string of the molecule is CC#CC[C@H](C)[C@H](O)/C=C/[C@H]1CC[C@@H]2Oc3c(CCCC(=O)OCc4ccc(OC)cc4OC)cccc3[C@@H]21. The summed E-state index contributed by atoms with van der Waals surface area (Å²) in [5.41, 5.74) is 3.19. The summed E-state index contributed by atoms with van der Waals surface area (Å²) in [4.78, 5) is 12.4. The minimum Gasteiger partial charge on any atom is -0.497 e. The van der Waals surface area contributed by atoms with Gasteiger partial charge in [0.2, 0.25) is 0 Å². The first kappa shape index (κ1) is 28.6. The van der Waals surface area contributed by atoms with E-state index < -0.39 is 6.10 Å². The molecule has 0 bridgehead atoms. The molecule has 208 valence electrons. The van der Waals surface area contributed by atoms with Gasteiger partial charge in [-0.3, -0.25) is 4.79 Å². The van der Waals surface area contributed by atoms with Gasteiger partial charge in [-0.1, -0.05) is 37.3 Å². The molecule has 6 nitrogen and oxygen atoms in total. The van der Waals surface area contributed by atoms with Crippen LogP contribution in [0, 0.1) is 23.7 Å². The maximum Gasteiger partial charge on any atom is 0.306 e. The average Bonchev–Trinajstić information content (AvgIpc) is 3.53. The maximum absolute atomic E-state index is 12.4. The van der Waals surface area contributed by atoms with E-state index in [4.69, 9.17) is 18.9 Å². The van der Waals surface area contributed by atoms with E-state index in [9.17, 15) is 9.90 Å². The summed E-state index contributed by atoms with van der Waals surface area (Å²) in [6.07, 6.45) is 8.31. The highest BCUT2D eigenvalue weighted by Crippen LogP contribution is 2.52. The van der Waals surface area contributed by atoms with Gasteiger partial charge in [0.15, 0.2) is 0 Å². The van der Waals surface area contributed by atoms with Crippen molar-refractivity contribution < 1.29 is 28.8 Å². The van der Waals surface area contributed by atoms with Crippen molar-refractivity contribution in [1.29, 1.82) is 0 Å². The number of esters is 1. The fourth-order valence-electron chi connectivity index (χ4n) is 5.58. The number of carbonyl (C=O) groups is 1. The third-order valence-electron chi connectivity index (χ3n) is 7.85. The third kappa shape index (κ3) is 6.96. The molecule has 5 atom stereocenters. The van der Waals surface area contributed by atoms with E-state index in [-0.39, 0.29) is 24.6 Å². The molecule has 2 aromatic carbocycles. The highest BCUT2D eigenvalue weighted by atomic mass is 16.5. The van der Waals surface area contributed by atoms with Crippen LogP contribution < -0.4 is 14.2 Å². The Bertz CT molecular complexity index is 1220. The molecular weight excluding hydrogens is 492 g/mol. The lowest BCUT2D eigenvalue weighted by Crippen LogP contribution is -2.17. The molecular formula is C33H40O6. The number of hydrogen-bond acceptors (Lipinski definition) is 6. The summed E-state index contributed by atoms with van der Waals surface area (Å²) in [6, 6.07) is 11.8. The quantitative estimate of drug-likeness (QED) is 0.206.